The first-order valence-electron chi connectivity index (χ1n) is 11.4. The third-order valence-electron chi connectivity index (χ3n) is 6.80. The molecule has 1 aromatic heterocycles. The van der Waals surface area contributed by atoms with E-state index >= 15 is 0 Å². The molecule has 2 heterocycles. The van der Waals surface area contributed by atoms with Crippen LogP contribution in [0.5, 0.6) is 0 Å². The van der Waals surface area contributed by atoms with Crippen LogP contribution in [0, 0.1) is 6.92 Å². The summed E-state index contributed by atoms with van der Waals surface area (Å²) in [4.78, 5) is 30.5. The van der Waals surface area contributed by atoms with Crippen molar-refractivity contribution in [2.75, 3.05) is 0 Å². The largest absolute Gasteiger partial charge is 0.351 e. The van der Waals surface area contributed by atoms with E-state index < -0.39 is 5.92 Å². The molecule has 4 nitrogen and oxygen atoms in total. The highest BCUT2D eigenvalue weighted by Gasteiger charge is 2.47. The summed E-state index contributed by atoms with van der Waals surface area (Å²) in [6.45, 7) is 2.54. The number of thiophene rings is 1. The summed E-state index contributed by atoms with van der Waals surface area (Å²) in [7, 11) is 0. The van der Waals surface area contributed by atoms with Crippen LogP contribution in [0.3, 0.4) is 0 Å². The summed E-state index contributed by atoms with van der Waals surface area (Å²) in [6.07, 6.45) is 4.29. The number of carbonyl (C=O) groups excluding carboxylic acids is 2. The van der Waals surface area contributed by atoms with Gasteiger partial charge in [0.05, 0.1) is 12.0 Å². The van der Waals surface area contributed by atoms with E-state index in [4.69, 9.17) is 0 Å². The Morgan fingerprint density at radius 2 is 1.78 bits per heavy atom. The molecule has 1 fully saturated rings. The predicted molar refractivity (Wildman–Crippen MR) is 128 cm³/mol. The van der Waals surface area contributed by atoms with Crippen LogP contribution in [0.2, 0.25) is 0 Å². The standard InChI is InChI=1S/C27H28N2O2S/c1-18-12-14-19(15-13-18)17-28-26(30)24-21-9-4-5-10-22(21)27(31)29(20-7-2-3-8-20)25(24)23-11-6-16-32-23/h4-6,9-16,20,24-25H,2-3,7-8,17H2,1H3,(H,28,30)/t24-,25+/m1/s1. The fourth-order valence-electron chi connectivity index (χ4n) is 5.19. The molecule has 5 rings (SSSR count). The third kappa shape index (κ3) is 3.86. The average Bonchev–Trinajstić information content (AvgIpc) is 3.53. The number of nitrogens with one attached hydrogen (secondary N) is 1. The minimum Gasteiger partial charge on any atom is -0.351 e. The molecule has 0 saturated heterocycles. The summed E-state index contributed by atoms with van der Waals surface area (Å²) >= 11 is 1.63. The highest BCUT2D eigenvalue weighted by Crippen LogP contribution is 2.47. The minimum absolute atomic E-state index is 0.0214. The molecule has 0 unspecified atom stereocenters. The van der Waals surface area contributed by atoms with Gasteiger partial charge in [0.1, 0.15) is 0 Å². The number of carbonyl (C=O) groups is 2. The molecule has 0 bridgehead atoms. The number of aryl methyl sites for hydroxylation is 1. The molecule has 0 spiro atoms. The lowest BCUT2D eigenvalue weighted by molar-refractivity contribution is -0.124. The maximum absolute atomic E-state index is 13.7. The molecule has 1 aliphatic carbocycles. The lowest BCUT2D eigenvalue weighted by Gasteiger charge is -2.44. The molecular formula is C27H28N2O2S. The van der Waals surface area contributed by atoms with Crippen molar-refractivity contribution in [2.45, 2.75) is 57.2 Å². The van der Waals surface area contributed by atoms with Gasteiger partial charge in [-0.3, -0.25) is 9.59 Å². The summed E-state index contributed by atoms with van der Waals surface area (Å²) in [6, 6.07) is 19.9. The Labute approximate surface area is 193 Å². The normalized spacial score (nSPS) is 20.9. The van der Waals surface area contributed by atoms with E-state index in [9.17, 15) is 9.59 Å². The average molecular weight is 445 g/mol. The number of hydrogen-bond donors (Lipinski definition) is 1. The van der Waals surface area contributed by atoms with Gasteiger partial charge < -0.3 is 10.2 Å². The van der Waals surface area contributed by atoms with Crippen LogP contribution >= 0.6 is 11.3 Å². The summed E-state index contributed by atoms with van der Waals surface area (Å²) in [5.74, 6) is -0.381. The Kier molecular flexibility index (Phi) is 5.83. The van der Waals surface area contributed by atoms with Gasteiger partial charge in [-0.2, -0.15) is 0 Å². The summed E-state index contributed by atoms with van der Waals surface area (Å²) in [5.41, 5.74) is 3.78. The van der Waals surface area contributed by atoms with E-state index in [1.165, 1.54) is 5.56 Å². The zero-order valence-corrected chi connectivity index (χ0v) is 19.1. The van der Waals surface area contributed by atoms with E-state index in [1.807, 2.05) is 40.6 Å². The van der Waals surface area contributed by atoms with Crippen LogP contribution in [0.25, 0.3) is 0 Å². The van der Waals surface area contributed by atoms with Gasteiger partial charge in [-0.15, -0.1) is 11.3 Å². The van der Waals surface area contributed by atoms with E-state index in [1.54, 1.807) is 11.3 Å². The molecule has 3 aromatic rings. The lowest BCUT2D eigenvalue weighted by atomic mass is 9.80. The van der Waals surface area contributed by atoms with Gasteiger partial charge in [-0.25, -0.2) is 0 Å². The SMILES string of the molecule is Cc1ccc(CNC(=O)[C@@H]2c3ccccc3C(=O)N(C3CCCC3)[C@H]2c2cccs2)cc1. The number of amides is 2. The van der Waals surface area contributed by atoms with Gasteiger partial charge in [-0.1, -0.05) is 66.9 Å². The van der Waals surface area contributed by atoms with Crippen molar-refractivity contribution in [1.29, 1.82) is 0 Å². The second kappa shape index (κ2) is 8.91. The Bertz CT molecular complexity index is 1100. The third-order valence-corrected chi connectivity index (χ3v) is 7.74. The van der Waals surface area contributed by atoms with Crippen LogP contribution in [0.4, 0.5) is 0 Å². The smallest absolute Gasteiger partial charge is 0.254 e. The number of fused-ring (bicyclic) bond motifs is 1. The Morgan fingerprint density at radius 1 is 1.03 bits per heavy atom. The number of rotatable bonds is 5. The van der Waals surface area contributed by atoms with E-state index in [0.717, 1.165) is 41.7 Å². The molecule has 2 aromatic carbocycles. The fourth-order valence-corrected chi connectivity index (χ4v) is 6.05. The molecule has 5 heteroatoms. The summed E-state index contributed by atoms with van der Waals surface area (Å²) < 4.78 is 0. The molecule has 32 heavy (non-hydrogen) atoms. The Balaban J connectivity index is 1.53. The minimum atomic E-state index is -0.423. The second-order valence-corrected chi connectivity index (χ2v) is 9.86. The second-order valence-electron chi connectivity index (χ2n) is 8.88. The predicted octanol–water partition coefficient (Wildman–Crippen LogP) is 5.60. The van der Waals surface area contributed by atoms with Crippen molar-refractivity contribution in [3.8, 4) is 0 Å². The van der Waals surface area contributed by atoms with E-state index in [-0.39, 0.29) is 23.9 Å². The topological polar surface area (TPSA) is 49.4 Å². The molecule has 2 aliphatic rings. The zero-order valence-electron chi connectivity index (χ0n) is 18.3. The van der Waals surface area contributed by atoms with Crippen LogP contribution in [-0.2, 0) is 11.3 Å². The van der Waals surface area contributed by atoms with Gasteiger partial charge in [0.15, 0.2) is 0 Å². The van der Waals surface area contributed by atoms with Crippen molar-refractivity contribution < 1.29 is 9.59 Å². The van der Waals surface area contributed by atoms with Crippen molar-refractivity contribution in [2.24, 2.45) is 0 Å². The highest BCUT2D eigenvalue weighted by molar-refractivity contribution is 7.10. The highest BCUT2D eigenvalue weighted by atomic mass is 32.1. The number of hydrogen-bond acceptors (Lipinski definition) is 3. The van der Waals surface area contributed by atoms with Crippen LogP contribution < -0.4 is 5.32 Å². The monoisotopic (exact) mass is 444 g/mol. The van der Waals surface area contributed by atoms with Crippen molar-refractivity contribution in [3.63, 3.8) is 0 Å². The molecular weight excluding hydrogens is 416 g/mol. The molecule has 2 atom stereocenters. The number of benzene rings is 2. The zero-order chi connectivity index (χ0) is 22.1. The van der Waals surface area contributed by atoms with E-state index in [2.05, 4.69) is 42.6 Å². The Hall–Kier alpha value is -2.92. The van der Waals surface area contributed by atoms with Gasteiger partial charge in [0, 0.05) is 23.0 Å². The van der Waals surface area contributed by atoms with Gasteiger partial charge in [0.25, 0.3) is 5.91 Å². The molecule has 0 radical (unpaired) electrons. The van der Waals surface area contributed by atoms with Crippen molar-refractivity contribution >= 4 is 23.2 Å². The van der Waals surface area contributed by atoms with Gasteiger partial charge in [0.2, 0.25) is 5.91 Å². The molecule has 1 N–H and O–H groups in total. The first-order valence-corrected chi connectivity index (χ1v) is 12.3. The fraction of sp³-hybridized carbons (Fsp3) is 0.333. The first-order chi connectivity index (χ1) is 15.6. The van der Waals surface area contributed by atoms with Crippen LogP contribution in [0.1, 0.15) is 69.6 Å². The molecule has 1 saturated carbocycles. The van der Waals surface area contributed by atoms with Crippen molar-refractivity contribution in [3.05, 3.63) is 93.2 Å². The van der Waals surface area contributed by atoms with Crippen LogP contribution in [0.15, 0.2) is 66.0 Å². The summed E-state index contributed by atoms with van der Waals surface area (Å²) in [5, 5.41) is 5.21. The number of nitrogens with zero attached hydrogens (tertiary/aromatic N) is 1. The van der Waals surface area contributed by atoms with Crippen molar-refractivity contribution in [1.82, 2.24) is 10.2 Å². The quantitative estimate of drug-likeness (QED) is 0.557. The lowest BCUT2D eigenvalue weighted by Crippen LogP contribution is -2.50. The maximum atomic E-state index is 13.7. The molecule has 2 amide bonds. The van der Waals surface area contributed by atoms with Gasteiger partial charge in [-0.05, 0) is 48.4 Å². The Morgan fingerprint density at radius 3 is 2.50 bits per heavy atom. The van der Waals surface area contributed by atoms with Crippen LogP contribution in [-0.4, -0.2) is 22.8 Å². The molecule has 164 valence electrons. The maximum Gasteiger partial charge on any atom is 0.254 e. The molecule has 1 aliphatic heterocycles. The first kappa shape index (κ1) is 21.0. The van der Waals surface area contributed by atoms with Gasteiger partial charge >= 0.3 is 0 Å². The van der Waals surface area contributed by atoms with E-state index in [0.29, 0.717) is 12.1 Å².